The Morgan fingerprint density at radius 2 is 1.48 bits per heavy atom. The molecule has 3 aliphatic rings. The number of carbonyl (C=O) groups is 2. The van der Waals surface area contributed by atoms with E-state index in [1.165, 1.54) is 22.3 Å². The van der Waals surface area contributed by atoms with E-state index in [-0.39, 0.29) is 30.7 Å². The number of rotatable bonds is 5. The zero-order chi connectivity index (χ0) is 17.4. The zero-order valence-electron chi connectivity index (χ0n) is 13.9. The predicted octanol–water partition coefficient (Wildman–Crippen LogP) is 3.41. The smallest absolute Gasteiger partial charge is 0.303 e. The van der Waals surface area contributed by atoms with Gasteiger partial charge in [-0.3, -0.25) is 9.59 Å². The number of hydrogen-bond donors (Lipinski definition) is 2. The Kier molecular flexibility index (Phi) is 4.04. The van der Waals surface area contributed by atoms with Gasteiger partial charge in [0.2, 0.25) is 5.91 Å². The summed E-state index contributed by atoms with van der Waals surface area (Å²) in [5, 5.41) is 11.9. The van der Waals surface area contributed by atoms with Gasteiger partial charge in [0.05, 0.1) is 0 Å². The van der Waals surface area contributed by atoms with Crippen LogP contribution < -0.4 is 5.32 Å². The second-order valence-electron chi connectivity index (χ2n) is 6.95. The molecule has 2 bridgehead atoms. The number of carbonyl (C=O) groups excluding carboxylic acids is 1. The highest BCUT2D eigenvalue weighted by atomic mass is 16.4. The molecule has 0 radical (unpaired) electrons. The first-order valence-corrected chi connectivity index (χ1v) is 8.84. The van der Waals surface area contributed by atoms with Crippen LogP contribution in [0.4, 0.5) is 0 Å². The monoisotopic (exact) mass is 335 g/mol. The molecule has 1 amide bonds. The summed E-state index contributed by atoms with van der Waals surface area (Å²) in [6, 6.07) is 17.1. The van der Waals surface area contributed by atoms with Crippen LogP contribution in [0.1, 0.15) is 59.8 Å². The summed E-state index contributed by atoms with van der Waals surface area (Å²) >= 11 is 0. The molecule has 25 heavy (non-hydrogen) atoms. The normalized spacial score (nSPS) is 22.8. The summed E-state index contributed by atoms with van der Waals surface area (Å²) < 4.78 is 0. The van der Waals surface area contributed by atoms with Gasteiger partial charge in [-0.05, 0) is 35.1 Å². The molecule has 4 nitrogen and oxygen atoms in total. The van der Waals surface area contributed by atoms with Crippen molar-refractivity contribution in [2.75, 3.05) is 0 Å². The second kappa shape index (κ2) is 6.36. The molecule has 4 heteroatoms. The van der Waals surface area contributed by atoms with Crippen LogP contribution in [-0.2, 0) is 9.59 Å². The van der Waals surface area contributed by atoms with Crippen LogP contribution in [0.3, 0.4) is 0 Å². The van der Waals surface area contributed by atoms with Gasteiger partial charge in [0.25, 0.3) is 0 Å². The number of carboxylic acids is 1. The van der Waals surface area contributed by atoms with Crippen molar-refractivity contribution in [1.82, 2.24) is 5.32 Å². The van der Waals surface area contributed by atoms with Crippen molar-refractivity contribution in [2.24, 2.45) is 0 Å². The first kappa shape index (κ1) is 15.9. The van der Waals surface area contributed by atoms with Gasteiger partial charge in [-0.25, -0.2) is 0 Å². The highest BCUT2D eigenvalue weighted by Gasteiger charge is 2.43. The third kappa shape index (κ3) is 2.82. The fourth-order valence-electron chi connectivity index (χ4n) is 4.46. The van der Waals surface area contributed by atoms with E-state index in [1.807, 2.05) is 0 Å². The van der Waals surface area contributed by atoms with Gasteiger partial charge in [-0.2, -0.15) is 0 Å². The number of amides is 1. The number of aliphatic carboxylic acids is 1. The maximum atomic E-state index is 12.3. The number of hydrogen-bond acceptors (Lipinski definition) is 2. The first-order valence-electron chi connectivity index (χ1n) is 8.84. The minimum Gasteiger partial charge on any atom is -0.481 e. The molecule has 0 fully saturated rings. The van der Waals surface area contributed by atoms with Crippen LogP contribution in [0.5, 0.6) is 0 Å². The summed E-state index contributed by atoms with van der Waals surface area (Å²) in [7, 11) is 0. The molecular formula is C21H21NO3. The van der Waals surface area contributed by atoms with Crippen molar-refractivity contribution < 1.29 is 14.7 Å². The Morgan fingerprint density at radius 3 is 2.04 bits per heavy atom. The molecule has 3 aliphatic carbocycles. The van der Waals surface area contributed by atoms with Crippen LogP contribution in [0.25, 0.3) is 0 Å². The van der Waals surface area contributed by atoms with Gasteiger partial charge in [0.15, 0.2) is 0 Å². The molecule has 0 spiro atoms. The molecule has 2 aromatic rings. The third-order valence-electron chi connectivity index (χ3n) is 5.45. The van der Waals surface area contributed by atoms with Crippen LogP contribution in [0.15, 0.2) is 48.5 Å². The summed E-state index contributed by atoms with van der Waals surface area (Å²) in [5.41, 5.74) is 5.38. The van der Waals surface area contributed by atoms with E-state index in [0.717, 1.165) is 6.42 Å². The lowest BCUT2D eigenvalue weighted by Gasteiger charge is -2.45. The van der Waals surface area contributed by atoms with E-state index in [2.05, 4.69) is 53.8 Å². The van der Waals surface area contributed by atoms with Gasteiger partial charge >= 0.3 is 5.97 Å². The van der Waals surface area contributed by atoms with Gasteiger partial charge in [-0.1, -0.05) is 48.5 Å². The first-order chi connectivity index (χ1) is 12.1. The van der Waals surface area contributed by atoms with Crippen molar-refractivity contribution in [1.29, 1.82) is 0 Å². The number of fused-ring (bicyclic) bond motifs is 1. The maximum absolute atomic E-state index is 12.3. The van der Waals surface area contributed by atoms with E-state index >= 15 is 0 Å². The molecule has 0 heterocycles. The summed E-state index contributed by atoms with van der Waals surface area (Å²) in [6.45, 7) is 0. The largest absolute Gasteiger partial charge is 0.481 e. The lowest BCUT2D eigenvalue weighted by molar-refractivity contribution is -0.137. The highest BCUT2D eigenvalue weighted by molar-refractivity contribution is 5.77. The molecule has 1 unspecified atom stereocenters. The van der Waals surface area contributed by atoms with Crippen molar-refractivity contribution in [3.05, 3.63) is 70.8 Å². The zero-order valence-corrected chi connectivity index (χ0v) is 13.9. The van der Waals surface area contributed by atoms with Crippen LogP contribution in [0, 0.1) is 0 Å². The Morgan fingerprint density at radius 1 is 0.920 bits per heavy atom. The fourth-order valence-corrected chi connectivity index (χ4v) is 4.46. The van der Waals surface area contributed by atoms with E-state index in [4.69, 9.17) is 5.11 Å². The average Bonchev–Trinajstić information content (AvgIpc) is 2.61. The van der Waals surface area contributed by atoms with E-state index < -0.39 is 5.97 Å². The standard InChI is InChI=1S/C21H21NO3/c23-19(10-5-11-20(24)25)22-18-12-17-13-6-1-3-8-15(13)21(18)16-9-4-2-7-14(16)17/h1-4,6-9,17-18,21H,5,10-12H2,(H,22,23)(H,24,25). The molecule has 0 aromatic heterocycles. The predicted molar refractivity (Wildman–Crippen MR) is 94.6 cm³/mol. The van der Waals surface area contributed by atoms with E-state index in [9.17, 15) is 9.59 Å². The Labute approximate surface area is 146 Å². The molecule has 5 rings (SSSR count). The minimum atomic E-state index is -0.854. The van der Waals surface area contributed by atoms with Crippen molar-refractivity contribution >= 4 is 11.9 Å². The van der Waals surface area contributed by atoms with Gasteiger partial charge in [0, 0.05) is 30.7 Å². The quantitative estimate of drug-likeness (QED) is 0.880. The Balaban J connectivity index is 1.58. The second-order valence-corrected chi connectivity index (χ2v) is 6.95. The van der Waals surface area contributed by atoms with Crippen molar-refractivity contribution in [3.8, 4) is 0 Å². The maximum Gasteiger partial charge on any atom is 0.303 e. The van der Waals surface area contributed by atoms with Crippen LogP contribution in [0.2, 0.25) is 0 Å². The fraction of sp³-hybridized carbons (Fsp3) is 0.333. The number of benzene rings is 2. The summed E-state index contributed by atoms with van der Waals surface area (Å²) in [4.78, 5) is 22.9. The molecule has 1 atom stereocenters. The Hall–Kier alpha value is -2.62. The topological polar surface area (TPSA) is 66.4 Å². The van der Waals surface area contributed by atoms with Crippen molar-refractivity contribution in [3.63, 3.8) is 0 Å². The highest BCUT2D eigenvalue weighted by Crippen LogP contribution is 2.52. The molecule has 0 saturated heterocycles. The molecule has 128 valence electrons. The van der Waals surface area contributed by atoms with Crippen LogP contribution >= 0.6 is 0 Å². The number of carboxylic acid groups (broad SMARTS) is 1. The van der Waals surface area contributed by atoms with Crippen molar-refractivity contribution in [2.45, 2.75) is 43.6 Å². The van der Waals surface area contributed by atoms with Crippen LogP contribution in [-0.4, -0.2) is 23.0 Å². The molecule has 0 saturated carbocycles. The average molecular weight is 335 g/mol. The minimum absolute atomic E-state index is 0.0375. The molecular weight excluding hydrogens is 314 g/mol. The third-order valence-corrected chi connectivity index (χ3v) is 5.45. The Bertz CT molecular complexity index is 782. The molecule has 2 aromatic carbocycles. The lowest BCUT2D eigenvalue weighted by atomic mass is 9.61. The summed E-state index contributed by atoms with van der Waals surface area (Å²) in [6.07, 6.45) is 1.60. The van der Waals surface area contributed by atoms with E-state index in [0.29, 0.717) is 12.3 Å². The SMILES string of the molecule is O=C(O)CCCC(=O)NC1CC2c3ccccc3C1c1ccccc12. The van der Waals surface area contributed by atoms with Gasteiger partial charge in [-0.15, -0.1) is 0 Å². The summed E-state index contributed by atoms with van der Waals surface area (Å²) in [5.74, 6) is -0.399. The van der Waals surface area contributed by atoms with Gasteiger partial charge in [0.1, 0.15) is 0 Å². The molecule has 2 N–H and O–H groups in total. The number of nitrogens with one attached hydrogen (secondary N) is 1. The van der Waals surface area contributed by atoms with E-state index in [1.54, 1.807) is 0 Å². The van der Waals surface area contributed by atoms with Gasteiger partial charge < -0.3 is 10.4 Å². The molecule has 0 aliphatic heterocycles. The lowest BCUT2D eigenvalue weighted by Crippen LogP contribution is -2.46.